The fraction of sp³-hybridized carbons (Fsp3) is 0.727. The molecule has 1 nitrogen and oxygen atoms in total. The Morgan fingerprint density at radius 3 is 2.50 bits per heavy atom. The fourth-order valence-corrected chi connectivity index (χ4v) is 7.10. The van der Waals surface area contributed by atoms with E-state index in [1.165, 1.54) is 57.1 Å². The topological polar surface area (TPSA) is 3.24 Å². The maximum Gasteiger partial charge on any atom is 0.123 e. The van der Waals surface area contributed by atoms with Gasteiger partial charge in [-0.15, -0.1) is 0 Å². The van der Waals surface area contributed by atoms with E-state index in [4.69, 9.17) is 0 Å². The summed E-state index contributed by atoms with van der Waals surface area (Å²) in [7, 11) is 0. The minimum atomic E-state index is -0.108. The molecule has 3 saturated carbocycles. The third kappa shape index (κ3) is 2.24. The van der Waals surface area contributed by atoms with E-state index in [0.29, 0.717) is 6.04 Å². The highest BCUT2D eigenvalue weighted by Gasteiger charge is 2.58. The first-order valence-corrected chi connectivity index (χ1v) is 10.3. The van der Waals surface area contributed by atoms with Crippen molar-refractivity contribution in [2.75, 3.05) is 4.90 Å². The van der Waals surface area contributed by atoms with E-state index in [2.05, 4.69) is 11.8 Å². The zero-order valence-corrected chi connectivity index (χ0v) is 14.8. The molecule has 3 aliphatic carbocycles. The fourth-order valence-electron chi connectivity index (χ4n) is 7.10. The predicted octanol–water partition coefficient (Wildman–Crippen LogP) is 5.65. The van der Waals surface area contributed by atoms with Crippen molar-refractivity contribution >= 4 is 5.69 Å². The number of halogens is 1. The van der Waals surface area contributed by atoms with E-state index in [0.717, 1.165) is 35.6 Å². The van der Waals surface area contributed by atoms with Crippen molar-refractivity contribution in [3.05, 3.63) is 30.1 Å². The molecule has 1 saturated heterocycles. The van der Waals surface area contributed by atoms with Crippen molar-refractivity contribution in [2.24, 2.45) is 29.6 Å². The zero-order chi connectivity index (χ0) is 16.3. The predicted molar refractivity (Wildman–Crippen MR) is 96.5 cm³/mol. The van der Waals surface area contributed by atoms with Crippen LogP contribution in [0.4, 0.5) is 10.1 Å². The van der Waals surface area contributed by atoms with Crippen molar-refractivity contribution in [3.8, 4) is 0 Å². The van der Waals surface area contributed by atoms with Gasteiger partial charge in [-0.1, -0.05) is 26.2 Å². The summed E-state index contributed by atoms with van der Waals surface area (Å²) < 4.78 is 13.4. The van der Waals surface area contributed by atoms with Crippen LogP contribution in [0.15, 0.2) is 24.3 Å². The second-order valence-corrected chi connectivity index (χ2v) is 9.12. The summed E-state index contributed by atoms with van der Waals surface area (Å²) in [5.41, 5.74) is 1.28. The number of anilines is 1. The normalized spacial score (nSPS) is 44.1. The molecule has 1 aliphatic heterocycles. The number of hydrogen-bond acceptors (Lipinski definition) is 1. The standard InChI is InChI=1S/C22H30FN/c1-14-6-11-20-19(12-14)22-18-5-3-2-4-15(18)13-21(22)24(20)17-9-7-16(23)8-10-17/h7-10,14-15,18-22H,2-6,11-13H2,1H3. The molecule has 2 heteroatoms. The average molecular weight is 327 g/mol. The molecule has 7 unspecified atom stereocenters. The number of fused-ring (bicyclic) bond motifs is 5. The van der Waals surface area contributed by atoms with Crippen LogP contribution in [-0.4, -0.2) is 12.1 Å². The van der Waals surface area contributed by atoms with Crippen molar-refractivity contribution in [3.63, 3.8) is 0 Å². The first-order valence-electron chi connectivity index (χ1n) is 10.3. The van der Waals surface area contributed by atoms with Gasteiger partial charge in [0.25, 0.3) is 0 Å². The maximum absolute atomic E-state index is 13.4. The van der Waals surface area contributed by atoms with E-state index >= 15 is 0 Å². The number of nitrogens with zero attached hydrogens (tertiary/aromatic N) is 1. The summed E-state index contributed by atoms with van der Waals surface area (Å²) in [6, 6.07) is 8.83. The van der Waals surface area contributed by atoms with Crippen LogP contribution < -0.4 is 4.90 Å². The van der Waals surface area contributed by atoms with Crippen molar-refractivity contribution in [1.82, 2.24) is 0 Å². The summed E-state index contributed by atoms with van der Waals surface area (Å²) in [4.78, 5) is 2.76. The second kappa shape index (κ2) is 5.75. The highest BCUT2D eigenvalue weighted by atomic mass is 19.1. The molecule has 0 N–H and O–H groups in total. The molecule has 0 aromatic heterocycles. The lowest BCUT2D eigenvalue weighted by molar-refractivity contribution is 0.143. The van der Waals surface area contributed by atoms with Gasteiger partial charge in [0.2, 0.25) is 0 Å². The molecule has 1 aromatic rings. The zero-order valence-electron chi connectivity index (χ0n) is 14.8. The Labute approximate surface area is 145 Å². The smallest absolute Gasteiger partial charge is 0.123 e. The van der Waals surface area contributed by atoms with Crippen LogP contribution in [0.5, 0.6) is 0 Å². The van der Waals surface area contributed by atoms with Crippen LogP contribution in [0.1, 0.15) is 58.3 Å². The minimum absolute atomic E-state index is 0.108. The van der Waals surface area contributed by atoms with Gasteiger partial charge >= 0.3 is 0 Å². The lowest BCUT2D eigenvalue weighted by atomic mass is 9.68. The van der Waals surface area contributed by atoms with Gasteiger partial charge in [-0.05, 0) is 86.0 Å². The summed E-state index contributed by atoms with van der Waals surface area (Å²) in [5.74, 6) is 4.53. The van der Waals surface area contributed by atoms with Crippen molar-refractivity contribution < 1.29 is 4.39 Å². The Morgan fingerprint density at radius 2 is 1.67 bits per heavy atom. The Balaban J connectivity index is 1.53. The lowest BCUT2D eigenvalue weighted by Crippen LogP contribution is -2.40. The molecule has 0 amide bonds. The van der Waals surface area contributed by atoms with Crippen LogP contribution in [0.3, 0.4) is 0 Å². The van der Waals surface area contributed by atoms with E-state index < -0.39 is 0 Å². The molecular weight excluding hydrogens is 297 g/mol. The maximum atomic E-state index is 13.4. The van der Waals surface area contributed by atoms with Crippen molar-refractivity contribution in [1.29, 1.82) is 0 Å². The molecule has 130 valence electrons. The van der Waals surface area contributed by atoms with Gasteiger partial charge in [-0.2, -0.15) is 0 Å². The van der Waals surface area contributed by atoms with Crippen LogP contribution in [0.2, 0.25) is 0 Å². The Hall–Kier alpha value is -1.05. The summed E-state index contributed by atoms with van der Waals surface area (Å²) in [6.07, 6.45) is 11.4. The van der Waals surface area contributed by atoms with Gasteiger partial charge in [0, 0.05) is 17.8 Å². The monoisotopic (exact) mass is 327 g/mol. The number of benzene rings is 1. The Kier molecular flexibility index (Phi) is 3.64. The molecule has 4 fully saturated rings. The molecule has 1 aromatic carbocycles. The largest absolute Gasteiger partial charge is 0.365 e. The van der Waals surface area contributed by atoms with Gasteiger partial charge in [0.1, 0.15) is 5.82 Å². The van der Waals surface area contributed by atoms with Crippen molar-refractivity contribution in [2.45, 2.75) is 70.4 Å². The van der Waals surface area contributed by atoms with Gasteiger partial charge in [0.05, 0.1) is 0 Å². The highest BCUT2D eigenvalue weighted by molar-refractivity contribution is 5.51. The minimum Gasteiger partial charge on any atom is -0.365 e. The molecule has 1 heterocycles. The average Bonchev–Trinajstić information content (AvgIpc) is 3.10. The molecule has 24 heavy (non-hydrogen) atoms. The first kappa shape index (κ1) is 15.2. The van der Waals surface area contributed by atoms with Gasteiger partial charge < -0.3 is 4.90 Å². The summed E-state index contributed by atoms with van der Waals surface area (Å²) in [6.45, 7) is 2.46. The van der Waals surface area contributed by atoms with Crippen LogP contribution in [-0.2, 0) is 0 Å². The number of hydrogen-bond donors (Lipinski definition) is 0. The van der Waals surface area contributed by atoms with E-state index in [1.54, 1.807) is 12.1 Å². The van der Waals surface area contributed by atoms with Gasteiger partial charge in [-0.3, -0.25) is 0 Å². The molecule has 5 rings (SSSR count). The summed E-state index contributed by atoms with van der Waals surface area (Å²) in [5, 5.41) is 0. The lowest BCUT2D eigenvalue weighted by Gasteiger charge is -2.40. The molecule has 0 bridgehead atoms. The van der Waals surface area contributed by atoms with Gasteiger partial charge in [-0.25, -0.2) is 4.39 Å². The second-order valence-electron chi connectivity index (χ2n) is 9.12. The molecular formula is C22H30FN. The quantitative estimate of drug-likeness (QED) is 0.644. The Bertz CT molecular complexity index is 596. The molecule has 0 spiro atoms. The summed E-state index contributed by atoms with van der Waals surface area (Å²) >= 11 is 0. The SMILES string of the molecule is CC1CCC2C(C1)C1C3CCCCC3CC1N2c1ccc(F)cc1. The third-order valence-corrected chi connectivity index (χ3v) is 7.91. The number of rotatable bonds is 1. The molecule has 0 radical (unpaired) electrons. The van der Waals surface area contributed by atoms with Crippen LogP contribution in [0.25, 0.3) is 0 Å². The van der Waals surface area contributed by atoms with Gasteiger partial charge in [0.15, 0.2) is 0 Å². The highest BCUT2D eigenvalue weighted by Crippen LogP contribution is 2.59. The Morgan fingerprint density at radius 1 is 0.875 bits per heavy atom. The molecule has 7 atom stereocenters. The first-order chi connectivity index (χ1) is 11.7. The van der Waals surface area contributed by atoms with Crippen LogP contribution in [0, 0.1) is 35.4 Å². The third-order valence-electron chi connectivity index (χ3n) is 7.91. The van der Waals surface area contributed by atoms with E-state index in [9.17, 15) is 4.39 Å². The molecule has 4 aliphatic rings. The van der Waals surface area contributed by atoms with Crippen LogP contribution >= 0.6 is 0 Å². The van der Waals surface area contributed by atoms with E-state index in [-0.39, 0.29) is 5.82 Å². The van der Waals surface area contributed by atoms with E-state index in [1.807, 2.05) is 12.1 Å².